The molecule has 2 atom stereocenters. The Balaban J connectivity index is 1.33. The summed E-state index contributed by atoms with van der Waals surface area (Å²) in [5, 5.41) is 26.1. The SMILES string of the molecule is CC(=O)N[C@@H]1CCN(c2ccc(N3CCC[C@@H](NC(=O)Nc4ccc(C(O)(O)F)cc4)C3=O)cc2)C1. The van der Waals surface area contributed by atoms with Gasteiger partial charge in [-0.05, 0) is 67.8 Å². The van der Waals surface area contributed by atoms with Gasteiger partial charge in [-0.1, -0.05) is 0 Å². The second-order valence-corrected chi connectivity index (χ2v) is 9.10. The van der Waals surface area contributed by atoms with Crippen LogP contribution in [0.3, 0.4) is 0 Å². The van der Waals surface area contributed by atoms with E-state index in [4.69, 9.17) is 10.2 Å². The quantitative estimate of drug-likeness (QED) is 0.385. The summed E-state index contributed by atoms with van der Waals surface area (Å²) < 4.78 is 13.2. The first-order valence-electron chi connectivity index (χ1n) is 11.9. The number of carbonyl (C=O) groups excluding carboxylic acids is 3. The number of urea groups is 1. The number of halogens is 1. The summed E-state index contributed by atoms with van der Waals surface area (Å²) >= 11 is 0. The fourth-order valence-corrected chi connectivity index (χ4v) is 4.60. The molecule has 11 heteroatoms. The summed E-state index contributed by atoms with van der Waals surface area (Å²) in [5.74, 6) is -0.249. The molecule has 192 valence electrons. The van der Waals surface area contributed by atoms with E-state index in [-0.39, 0.29) is 23.4 Å². The smallest absolute Gasteiger partial charge is 0.343 e. The highest BCUT2D eigenvalue weighted by Gasteiger charge is 2.31. The molecule has 2 aliphatic heterocycles. The number of nitrogens with zero attached hydrogens (tertiary/aromatic N) is 2. The molecule has 0 spiro atoms. The number of aliphatic hydroxyl groups is 2. The van der Waals surface area contributed by atoms with Crippen molar-refractivity contribution in [1.82, 2.24) is 10.6 Å². The predicted molar refractivity (Wildman–Crippen MR) is 132 cm³/mol. The van der Waals surface area contributed by atoms with Gasteiger partial charge in [0, 0.05) is 55.2 Å². The Morgan fingerprint density at radius 1 is 0.972 bits per heavy atom. The zero-order valence-electron chi connectivity index (χ0n) is 19.9. The number of hydrogen-bond donors (Lipinski definition) is 5. The fourth-order valence-electron chi connectivity index (χ4n) is 4.60. The maximum Gasteiger partial charge on any atom is 0.343 e. The van der Waals surface area contributed by atoms with E-state index >= 15 is 0 Å². The molecule has 2 saturated heterocycles. The number of anilines is 3. The molecular weight excluding hydrogens is 469 g/mol. The Labute approximate surface area is 208 Å². The van der Waals surface area contributed by atoms with Gasteiger partial charge in [0.15, 0.2) is 0 Å². The number of piperidine rings is 1. The molecule has 2 aliphatic rings. The van der Waals surface area contributed by atoms with Crippen LogP contribution in [-0.2, 0) is 15.6 Å². The van der Waals surface area contributed by atoms with Gasteiger partial charge in [-0.2, -0.15) is 4.39 Å². The van der Waals surface area contributed by atoms with Gasteiger partial charge in [0.2, 0.25) is 11.8 Å². The third-order valence-electron chi connectivity index (χ3n) is 6.38. The van der Waals surface area contributed by atoms with Crippen molar-refractivity contribution >= 4 is 34.9 Å². The van der Waals surface area contributed by atoms with E-state index in [0.29, 0.717) is 25.1 Å². The summed E-state index contributed by atoms with van der Waals surface area (Å²) in [7, 11) is 0. The number of alkyl halides is 1. The van der Waals surface area contributed by atoms with E-state index in [1.165, 1.54) is 19.1 Å². The third kappa shape index (κ3) is 6.10. The largest absolute Gasteiger partial charge is 0.369 e. The highest BCUT2D eigenvalue weighted by molar-refractivity contribution is 6.01. The zero-order valence-corrected chi connectivity index (χ0v) is 19.9. The zero-order chi connectivity index (χ0) is 25.9. The minimum atomic E-state index is -3.46. The van der Waals surface area contributed by atoms with Gasteiger partial charge in [0.1, 0.15) is 6.04 Å². The van der Waals surface area contributed by atoms with Crippen LogP contribution < -0.4 is 25.8 Å². The molecule has 2 aromatic carbocycles. The Morgan fingerprint density at radius 2 is 1.64 bits per heavy atom. The molecular formula is C25H30FN5O5. The maximum absolute atomic E-state index is 13.2. The maximum atomic E-state index is 13.2. The van der Waals surface area contributed by atoms with Crippen molar-refractivity contribution in [2.75, 3.05) is 34.8 Å². The minimum Gasteiger partial charge on any atom is -0.369 e. The number of nitrogens with one attached hydrogen (secondary N) is 3. The topological polar surface area (TPSA) is 134 Å². The lowest BCUT2D eigenvalue weighted by Crippen LogP contribution is -2.53. The fraction of sp³-hybridized carbons (Fsp3) is 0.400. The van der Waals surface area contributed by atoms with Gasteiger partial charge in [0.05, 0.1) is 0 Å². The Morgan fingerprint density at radius 3 is 2.28 bits per heavy atom. The number of carbonyl (C=O) groups is 3. The van der Waals surface area contributed by atoms with E-state index in [1.54, 1.807) is 4.90 Å². The van der Waals surface area contributed by atoms with Gasteiger partial charge >= 0.3 is 12.1 Å². The number of rotatable bonds is 6. The Kier molecular flexibility index (Phi) is 7.41. The molecule has 0 saturated carbocycles. The second kappa shape index (κ2) is 10.5. The molecule has 2 aromatic rings. The van der Waals surface area contributed by atoms with E-state index < -0.39 is 18.1 Å². The number of benzene rings is 2. The summed E-state index contributed by atoms with van der Waals surface area (Å²) in [6.45, 7) is 3.63. The summed E-state index contributed by atoms with van der Waals surface area (Å²) in [6.07, 6.45) is 2.09. The number of hydrogen-bond acceptors (Lipinski definition) is 6. The average Bonchev–Trinajstić information content (AvgIpc) is 3.28. The van der Waals surface area contributed by atoms with Crippen LogP contribution in [0.15, 0.2) is 48.5 Å². The average molecular weight is 500 g/mol. The van der Waals surface area contributed by atoms with Gasteiger partial charge in [-0.15, -0.1) is 0 Å². The monoisotopic (exact) mass is 499 g/mol. The molecule has 0 aromatic heterocycles. The molecule has 0 radical (unpaired) electrons. The van der Waals surface area contributed by atoms with Crippen molar-refractivity contribution in [3.8, 4) is 0 Å². The predicted octanol–water partition coefficient (Wildman–Crippen LogP) is 1.78. The molecule has 4 rings (SSSR count). The van der Waals surface area contributed by atoms with Crippen LogP contribution in [0.1, 0.15) is 31.7 Å². The summed E-state index contributed by atoms with van der Waals surface area (Å²) in [4.78, 5) is 40.7. The van der Waals surface area contributed by atoms with Gasteiger partial charge in [-0.25, -0.2) is 4.79 Å². The van der Waals surface area contributed by atoms with Crippen LogP contribution in [-0.4, -0.2) is 59.8 Å². The highest BCUT2D eigenvalue weighted by atomic mass is 19.2. The summed E-state index contributed by atoms with van der Waals surface area (Å²) in [5.41, 5.74) is 1.70. The van der Waals surface area contributed by atoms with Crippen molar-refractivity contribution in [2.24, 2.45) is 0 Å². The molecule has 10 nitrogen and oxygen atoms in total. The molecule has 2 fully saturated rings. The van der Waals surface area contributed by atoms with Crippen molar-refractivity contribution < 1.29 is 29.0 Å². The summed E-state index contributed by atoms with van der Waals surface area (Å²) in [6, 6.07) is 7.97. The second-order valence-electron chi connectivity index (χ2n) is 9.10. The minimum absolute atomic E-state index is 0.0354. The standard InChI is InChI=1S/C25H30FN5O5/c1-16(32)27-19-12-14-30(15-19)20-8-10-21(11-9-20)31-13-2-3-22(23(31)33)29-24(34)28-18-6-4-17(5-7-18)25(26,35)36/h4-11,19,22,35-36H,2-3,12-15H2,1H3,(H,27,32)(H2,28,29,34)/t19-,22-/m1/s1. The van der Waals surface area contributed by atoms with Crippen molar-refractivity contribution in [3.05, 3.63) is 54.1 Å². The number of amides is 4. The molecule has 5 N–H and O–H groups in total. The molecule has 0 bridgehead atoms. The third-order valence-corrected chi connectivity index (χ3v) is 6.38. The molecule has 0 unspecified atom stereocenters. The van der Waals surface area contributed by atoms with Crippen molar-refractivity contribution in [3.63, 3.8) is 0 Å². The van der Waals surface area contributed by atoms with E-state index in [1.807, 2.05) is 24.3 Å². The molecule has 0 aliphatic carbocycles. The van der Waals surface area contributed by atoms with E-state index in [2.05, 4.69) is 20.9 Å². The first-order chi connectivity index (χ1) is 17.1. The van der Waals surface area contributed by atoms with Crippen molar-refractivity contribution in [1.29, 1.82) is 0 Å². The van der Waals surface area contributed by atoms with E-state index in [0.717, 1.165) is 43.0 Å². The van der Waals surface area contributed by atoms with Crippen LogP contribution >= 0.6 is 0 Å². The van der Waals surface area contributed by atoms with Crippen LogP contribution in [0.2, 0.25) is 0 Å². The van der Waals surface area contributed by atoms with Crippen LogP contribution in [0.4, 0.5) is 26.2 Å². The van der Waals surface area contributed by atoms with Gasteiger partial charge < -0.3 is 36.0 Å². The normalized spacial score (nSPS) is 20.3. The van der Waals surface area contributed by atoms with Crippen LogP contribution in [0, 0.1) is 0 Å². The molecule has 36 heavy (non-hydrogen) atoms. The van der Waals surface area contributed by atoms with Crippen molar-refractivity contribution in [2.45, 2.75) is 44.3 Å². The Hall–Kier alpha value is -3.70. The lowest BCUT2D eigenvalue weighted by molar-refractivity contribution is -0.269. The first kappa shape index (κ1) is 25.4. The van der Waals surface area contributed by atoms with Crippen LogP contribution in [0.5, 0.6) is 0 Å². The molecule has 2 heterocycles. The van der Waals surface area contributed by atoms with Crippen LogP contribution in [0.25, 0.3) is 0 Å². The first-order valence-corrected chi connectivity index (χ1v) is 11.9. The Bertz CT molecular complexity index is 1100. The lowest BCUT2D eigenvalue weighted by Gasteiger charge is -2.33. The highest BCUT2D eigenvalue weighted by Crippen LogP contribution is 2.27. The lowest BCUT2D eigenvalue weighted by atomic mass is 10.0. The van der Waals surface area contributed by atoms with E-state index in [9.17, 15) is 18.8 Å². The molecule has 4 amide bonds. The van der Waals surface area contributed by atoms with Gasteiger partial charge in [0.25, 0.3) is 0 Å². The van der Waals surface area contributed by atoms with Gasteiger partial charge in [-0.3, -0.25) is 9.59 Å².